The Morgan fingerprint density at radius 3 is 1.36 bits per heavy atom. The van der Waals surface area contributed by atoms with Crippen molar-refractivity contribution in [3.05, 3.63) is 282 Å². The van der Waals surface area contributed by atoms with E-state index in [4.69, 9.17) is 33.2 Å². The van der Waals surface area contributed by atoms with Crippen LogP contribution in [0.15, 0.2) is 248 Å². The number of rotatable bonds is 23. The van der Waals surface area contributed by atoms with Gasteiger partial charge in [-0.15, -0.1) is 0 Å². The maximum atomic E-state index is 14.8. The van der Waals surface area contributed by atoms with E-state index in [2.05, 4.69) is 36.4 Å². The van der Waals surface area contributed by atoms with Gasteiger partial charge in [-0.3, -0.25) is 0 Å². The maximum Gasteiger partial charge on any atom is 0.349 e. The first-order chi connectivity index (χ1) is 35.5. The fourth-order valence-corrected chi connectivity index (χ4v) is 10.6. The van der Waals surface area contributed by atoms with Crippen molar-refractivity contribution in [3.8, 4) is 0 Å². The average molecular weight is 977 g/mol. The van der Waals surface area contributed by atoms with Crippen molar-refractivity contribution in [2.24, 2.45) is 0 Å². The van der Waals surface area contributed by atoms with Crippen molar-refractivity contribution in [3.63, 3.8) is 0 Å². The number of benzene rings is 8. The molecule has 0 aromatic heterocycles. The molecule has 0 spiro atoms. The number of methoxy groups -OCH3 is 1. The summed E-state index contributed by atoms with van der Waals surface area (Å²) in [6, 6.07) is 80.7. The van der Waals surface area contributed by atoms with Crippen LogP contribution >= 0.6 is 11.8 Å². The average Bonchev–Trinajstić information content (AvgIpc) is 3.45. The third-order valence-electron chi connectivity index (χ3n) is 12.9. The predicted octanol–water partition coefficient (Wildman–Crippen LogP) is 12.8. The second kappa shape index (κ2) is 25.1. The molecule has 1 aliphatic heterocycles. The van der Waals surface area contributed by atoms with Crippen LogP contribution in [-0.2, 0) is 70.0 Å². The Morgan fingerprint density at radius 2 is 0.917 bits per heavy atom. The van der Waals surface area contributed by atoms with Crippen LogP contribution in [0, 0.1) is 0 Å². The number of esters is 1. The molecule has 9 rings (SSSR count). The van der Waals surface area contributed by atoms with E-state index in [0.29, 0.717) is 0 Å². The van der Waals surface area contributed by atoms with Gasteiger partial charge in [-0.25, -0.2) is 4.79 Å². The Morgan fingerprint density at radius 1 is 0.528 bits per heavy atom. The number of hydrogen-bond acceptors (Lipinski definition) is 9. The molecule has 0 unspecified atom stereocenters. The Kier molecular flexibility index (Phi) is 17.6. The van der Waals surface area contributed by atoms with E-state index in [1.165, 1.54) is 18.9 Å². The van der Waals surface area contributed by atoms with E-state index in [1.807, 2.05) is 206 Å². The molecule has 1 saturated heterocycles. The smallest absolute Gasteiger partial charge is 0.349 e. The third-order valence-corrected chi connectivity index (χ3v) is 14.2. The summed E-state index contributed by atoms with van der Waals surface area (Å²) in [6.07, 6.45) is -4.28. The van der Waals surface area contributed by atoms with E-state index < -0.39 is 47.0 Å². The second-order valence-electron chi connectivity index (χ2n) is 17.7. The van der Waals surface area contributed by atoms with Crippen LogP contribution < -0.4 is 0 Å². The van der Waals surface area contributed by atoms with Crippen LogP contribution in [0.1, 0.15) is 45.4 Å². The minimum Gasteiger partial charge on any atom is -0.466 e. The summed E-state index contributed by atoms with van der Waals surface area (Å²) in [7, 11) is 1.39. The molecule has 1 heterocycles. The molecule has 0 radical (unpaired) electrons. The molecule has 9 heteroatoms. The van der Waals surface area contributed by atoms with E-state index in [-0.39, 0.29) is 39.5 Å². The molecule has 1 aliphatic rings. The van der Waals surface area contributed by atoms with Gasteiger partial charge in [0.05, 0.1) is 46.2 Å². The summed E-state index contributed by atoms with van der Waals surface area (Å²) in [4.78, 5) is 14.0. The quantitative estimate of drug-likeness (QED) is 0.0460. The van der Waals surface area contributed by atoms with E-state index >= 15 is 0 Å². The second-order valence-corrected chi connectivity index (χ2v) is 19.1. The Labute approximate surface area is 427 Å². The zero-order valence-electron chi connectivity index (χ0n) is 40.4. The van der Waals surface area contributed by atoms with Crippen molar-refractivity contribution in [2.75, 3.05) is 13.7 Å². The van der Waals surface area contributed by atoms with Crippen LogP contribution in [0.3, 0.4) is 0 Å². The van der Waals surface area contributed by atoms with Crippen LogP contribution in [-0.4, -0.2) is 55.1 Å². The van der Waals surface area contributed by atoms with Crippen molar-refractivity contribution < 1.29 is 38.0 Å². The fourth-order valence-electron chi connectivity index (χ4n) is 9.33. The van der Waals surface area contributed by atoms with Gasteiger partial charge >= 0.3 is 5.97 Å². The monoisotopic (exact) mass is 976 g/mol. The molecular formula is C63H60O8S. The summed E-state index contributed by atoms with van der Waals surface area (Å²) in [5, 5.41) is 0. The minimum atomic E-state index is -1.63. The van der Waals surface area contributed by atoms with Crippen LogP contribution in [0.25, 0.3) is 0 Å². The molecule has 8 aromatic carbocycles. The number of carbonyl (C=O) groups excluding carboxylic acids is 1. The number of thioether (sulfide) groups is 1. The largest absolute Gasteiger partial charge is 0.466 e. The lowest BCUT2D eigenvalue weighted by Crippen LogP contribution is -2.64. The van der Waals surface area contributed by atoms with E-state index in [9.17, 15) is 4.79 Å². The molecule has 8 aromatic rings. The predicted molar refractivity (Wildman–Crippen MR) is 282 cm³/mol. The van der Waals surface area contributed by atoms with Gasteiger partial charge < -0.3 is 33.2 Å². The van der Waals surface area contributed by atoms with Gasteiger partial charge in [0.15, 0.2) is 0 Å². The van der Waals surface area contributed by atoms with Gasteiger partial charge in [0.1, 0.15) is 30.0 Å². The summed E-state index contributed by atoms with van der Waals surface area (Å²) in [6.45, 7) is 0.867. The zero-order valence-corrected chi connectivity index (χ0v) is 41.2. The van der Waals surface area contributed by atoms with Crippen molar-refractivity contribution in [1.29, 1.82) is 0 Å². The number of hydrogen-bond donors (Lipinski definition) is 0. The molecule has 1 fully saturated rings. The highest BCUT2D eigenvalue weighted by atomic mass is 32.2. The standard InChI is InChI=1S/C63H60O8S/c1-65-61(64)62(72-55-40-24-9-25-41-55)42-56(66-43-48-26-10-2-11-27-48)58(68-45-50-30-14-4-15-31-50)60(71-62)59(69-46-51-32-16-5-17-33-51)57(67-44-49-28-12-3-13-29-49)47-70-63(52-34-18-6-19-35-52,53-36-20-7-21-37-53)54-38-22-8-23-39-54/h2-41,56-60H,42-47H2,1H3/t56-,57+,58+,59+,60+,62+/m0/s1. The molecule has 72 heavy (non-hydrogen) atoms. The molecular weight excluding hydrogens is 917 g/mol. The van der Waals surface area contributed by atoms with Gasteiger partial charge in [0, 0.05) is 11.3 Å². The number of carbonyl (C=O) groups is 1. The summed E-state index contributed by atoms with van der Waals surface area (Å²) in [5.74, 6) is -0.563. The molecule has 0 N–H and O–H groups in total. The Balaban J connectivity index is 1.22. The summed E-state index contributed by atoms with van der Waals surface area (Å²) >= 11 is 1.29. The Bertz CT molecular complexity index is 2720. The van der Waals surface area contributed by atoms with Gasteiger partial charge in [0.2, 0.25) is 4.93 Å². The highest BCUT2D eigenvalue weighted by Gasteiger charge is 2.58. The molecule has 0 bridgehead atoms. The maximum absolute atomic E-state index is 14.8. The first kappa shape index (κ1) is 50.3. The Hall–Kier alpha value is -6.66. The zero-order chi connectivity index (χ0) is 49.3. The molecule has 0 aliphatic carbocycles. The third kappa shape index (κ3) is 12.5. The molecule has 366 valence electrons. The highest BCUT2D eigenvalue weighted by Crippen LogP contribution is 2.48. The van der Waals surface area contributed by atoms with Crippen molar-refractivity contribution >= 4 is 17.7 Å². The molecule has 6 atom stereocenters. The van der Waals surface area contributed by atoms with Crippen LogP contribution in [0.5, 0.6) is 0 Å². The van der Waals surface area contributed by atoms with Crippen molar-refractivity contribution in [1.82, 2.24) is 0 Å². The van der Waals surface area contributed by atoms with Gasteiger partial charge in [0.25, 0.3) is 0 Å². The first-order valence-corrected chi connectivity index (χ1v) is 25.3. The highest BCUT2D eigenvalue weighted by molar-refractivity contribution is 8.01. The minimum absolute atomic E-state index is 0.00281. The van der Waals surface area contributed by atoms with Crippen molar-refractivity contribution in [2.45, 2.75) is 78.8 Å². The lowest BCUT2D eigenvalue weighted by atomic mass is 9.80. The first-order valence-electron chi connectivity index (χ1n) is 24.5. The van der Waals surface area contributed by atoms with Gasteiger partial charge in [-0.1, -0.05) is 242 Å². The van der Waals surface area contributed by atoms with E-state index in [1.54, 1.807) is 0 Å². The fraction of sp³-hybridized carbons (Fsp3) is 0.222. The van der Waals surface area contributed by atoms with Crippen LogP contribution in [0.2, 0.25) is 0 Å². The lowest BCUT2D eigenvalue weighted by Gasteiger charge is -2.49. The van der Waals surface area contributed by atoms with Gasteiger partial charge in [-0.05, 0) is 51.1 Å². The summed E-state index contributed by atoms with van der Waals surface area (Å²) < 4.78 is 49.6. The molecule has 0 amide bonds. The lowest BCUT2D eigenvalue weighted by molar-refractivity contribution is -0.266. The normalized spacial score (nSPS) is 18.7. The van der Waals surface area contributed by atoms with Crippen LogP contribution in [0.4, 0.5) is 0 Å². The van der Waals surface area contributed by atoms with Gasteiger partial charge in [-0.2, -0.15) is 0 Å². The summed E-state index contributed by atoms with van der Waals surface area (Å²) in [5.41, 5.74) is 5.51. The molecule has 0 saturated carbocycles. The molecule has 8 nitrogen and oxygen atoms in total. The number of ether oxygens (including phenoxy) is 7. The topological polar surface area (TPSA) is 81.7 Å². The van der Waals surface area contributed by atoms with E-state index in [0.717, 1.165) is 43.8 Å². The SMILES string of the molecule is COC(=O)[C@]1(Sc2ccccc2)C[C@H](OCc2ccccc2)[C@@H](OCc2ccccc2)[C@H]([C@H](OCc2ccccc2)[C@@H](COC(c2ccccc2)(c2ccccc2)c2ccccc2)OCc2ccccc2)O1.